The van der Waals surface area contributed by atoms with Crippen molar-refractivity contribution in [1.82, 2.24) is 5.25 Å². The number of nitrogens with one attached hydrogen (secondary N) is 1. The van der Waals surface area contributed by atoms with Crippen LogP contribution in [0.25, 0.3) is 0 Å². The third kappa shape index (κ3) is 4.66. The Bertz CT molecular complexity index is 398. The van der Waals surface area contributed by atoms with Crippen LogP contribution in [0.15, 0.2) is 30.3 Å². The van der Waals surface area contributed by atoms with Crippen LogP contribution >= 0.6 is 18.1 Å². The molecule has 1 atom stereocenters. The lowest BCUT2D eigenvalue weighted by Gasteiger charge is -2.12. The predicted molar refractivity (Wildman–Crippen MR) is 60.0 cm³/mol. The second kappa shape index (κ2) is 5.89. The first-order chi connectivity index (χ1) is 7.53. The summed E-state index contributed by atoms with van der Waals surface area (Å²) in [6.45, 7) is -2.10. The van der Waals surface area contributed by atoms with Crippen LogP contribution in [0.5, 0.6) is 5.75 Å². The minimum atomic E-state index is -3.70. The molecule has 16 heavy (non-hydrogen) atoms. The molecule has 0 aliphatic heterocycles. The van der Waals surface area contributed by atoms with Gasteiger partial charge in [-0.15, -0.1) is 0 Å². The van der Waals surface area contributed by atoms with Crippen LogP contribution in [0.1, 0.15) is 13.3 Å². The van der Waals surface area contributed by atoms with Crippen molar-refractivity contribution < 1.29 is 18.7 Å². The molecule has 0 radical (unpaired) electrons. The van der Waals surface area contributed by atoms with Crippen molar-refractivity contribution >= 4 is 24.1 Å². The smallest absolute Gasteiger partial charge is 0.420 e. The molecule has 5 nitrogen and oxygen atoms in total. The van der Waals surface area contributed by atoms with E-state index >= 15 is 0 Å². The Kier molecular flexibility index (Phi) is 4.80. The van der Waals surface area contributed by atoms with E-state index in [4.69, 9.17) is 15.8 Å². The molecule has 0 saturated heterocycles. The summed E-state index contributed by atoms with van der Waals surface area (Å²) in [6, 6.07) is 8.34. The standard InChI is InChI=1S/C9H11ClNO4P/c1-2-9(12)14-11-16(10,13)15-8-6-4-3-5-7-8/h3-7H,2H2,1H3,(H,11,13). The second-order valence-corrected chi connectivity index (χ2v) is 5.46. The van der Waals surface area contributed by atoms with Gasteiger partial charge in [0.05, 0.1) is 0 Å². The van der Waals surface area contributed by atoms with Gasteiger partial charge < -0.3 is 9.36 Å². The van der Waals surface area contributed by atoms with Crippen LogP contribution in [0.4, 0.5) is 0 Å². The number of carbonyl (C=O) groups excluding carboxylic acids is 1. The Hall–Kier alpha value is -1.03. The Labute approximate surface area is 97.9 Å². The molecule has 0 aromatic heterocycles. The van der Waals surface area contributed by atoms with E-state index in [1.54, 1.807) is 37.3 Å². The Balaban J connectivity index is 2.52. The molecule has 1 N–H and O–H groups in total. The SMILES string of the molecule is CCC(=O)ONP(=O)(Cl)Oc1ccccc1. The van der Waals surface area contributed by atoms with Gasteiger partial charge in [-0.3, -0.25) is 4.79 Å². The monoisotopic (exact) mass is 263 g/mol. The molecule has 0 bridgehead atoms. The Morgan fingerprint density at radius 3 is 2.62 bits per heavy atom. The molecular formula is C9H11ClNO4P. The van der Waals surface area contributed by atoms with Crippen LogP contribution < -0.4 is 9.77 Å². The fourth-order valence-electron chi connectivity index (χ4n) is 0.813. The summed E-state index contributed by atoms with van der Waals surface area (Å²) in [6.07, 6.45) is 0.148. The zero-order chi connectivity index (χ0) is 12.0. The zero-order valence-corrected chi connectivity index (χ0v) is 10.2. The van der Waals surface area contributed by atoms with Gasteiger partial charge in [0.25, 0.3) is 0 Å². The molecule has 0 fully saturated rings. The van der Waals surface area contributed by atoms with Crippen LogP contribution in [0.3, 0.4) is 0 Å². The average Bonchev–Trinajstić information content (AvgIpc) is 2.27. The van der Waals surface area contributed by atoms with E-state index in [1.807, 2.05) is 5.25 Å². The predicted octanol–water partition coefficient (Wildman–Crippen LogP) is 2.87. The van der Waals surface area contributed by atoms with Gasteiger partial charge in [0.2, 0.25) is 0 Å². The number of rotatable bonds is 5. The maximum atomic E-state index is 11.6. The summed E-state index contributed by atoms with van der Waals surface area (Å²) in [5.41, 5.74) is 0. The third-order valence-corrected chi connectivity index (χ3v) is 2.69. The molecular weight excluding hydrogens is 253 g/mol. The van der Waals surface area contributed by atoms with Gasteiger partial charge in [-0.1, -0.05) is 30.4 Å². The van der Waals surface area contributed by atoms with E-state index in [0.717, 1.165) is 0 Å². The van der Waals surface area contributed by atoms with Gasteiger partial charge in [0.1, 0.15) is 5.75 Å². The highest BCUT2D eigenvalue weighted by Gasteiger charge is 2.22. The molecule has 1 unspecified atom stereocenters. The molecule has 0 aliphatic carbocycles. The molecule has 1 aromatic carbocycles. The van der Waals surface area contributed by atoms with Gasteiger partial charge >= 0.3 is 12.8 Å². The van der Waals surface area contributed by atoms with Gasteiger partial charge in [0.15, 0.2) is 0 Å². The van der Waals surface area contributed by atoms with Crippen molar-refractivity contribution in [1.29, 1.82) is 0 Å². The first-order valence-corrected chi connectivity index (χ1v) is 7.08. The van der Waals surface area contributed by atoms with Gasteiger partial charge in [0, 0.05) is 17.7 Å². The highest BCUT2D eigenvalue weighted by Crippen LogP contribution is 2.47. The Morgan fingerprint density at radius 2 is 2.06 bits per heavy atom. The van der Waals surface area contributed by atoms with E-state index < -0.39 is 12.8 Å². The van der Waals surface area contributed by atoms with Crippen LogP contribution in [0.2, 0.25) is 0 Å². The largest absolute Gasteiger partial charge is 0.441 e. The lowest BCUT2D eigenvalue weighted by molar-refractivity contribution is -0.147. The number of carbonyl (C=O) groups is 1. The minimum Gasteiger partial charge on any atom is -0.420 e. The summed E-state index contributed by atoms with van der Waals surface area (Å²) in [7, 11) is 0. The van der Waals surface area contributed by atoms with E-state index in [1.165, 1.54) is 0 Å². The number of halogens is 1. The lowest BCUT2D eigenvalue weighted by atomic mass is 10.3. The highest BCUT2D eigenvalue weighted by molar-refractivity contribution is 7.83. The molecule has 88 valence electrons. The molecule has 0 saturated carbocycles. The first kappa shape index (κ1) is 13.0. The first-order valence-electron chi connectivity index (χ1n) is 4.55. The molecule has 0 spiro atoms. The van der Waals surface area contributed by atoms with Crippen LogP contribution in [-0.4, -0.2) is 5.97 Å². The lowest BCUT2D eigenvalue weighted by Crippen LogP contribution is -2.16. The molecule has 1 rings (SSSR count). The zero-order valence-electron chi connectivity index (χ0n) is 8.55. The maximum Gasteiger partial charge on any atom is 0.441 e. The summed E-state index contributed by atoms with van der Waals surface area (Å²) >= 11 is 5.52. The van der Waals surface area contributed by atoms with E-state index in [2.05, 4.69) is 4.84 Å². The summed E-state index contributed by atoms with van der Waals surface area (Å²) in [5.74, 6) is -0.251. The van der Waals surface area contributed by atoms with Gasteiger partial charge in [-0.05, 0) is 12.1 Å². The van der Waals surface area contributed by atoms with E-state index in [-0.39, 0.29) is 6.42 Å². The number of hydrogen-bond acceptors (Lipinski definition) is 4. The molecule has 1 aromatic rings. The topological polar surface area (TPSA) is 64.6 Å². The molecule has 0 heterocycles. The minimum absolute atomic E-state index is 0.148. The summed E-state index contributed by atoms with van der Waals surface area (Å²) in [5, 5.41) is 1.91. The normalized spacial score (nSPS) is 13.9. The van der Waals surface area contributed by atoms with Crippen molar-refractivity contribution in [2.75, 3.05) is 0 Å². The van der Waals surface area contributed by atoms with Crippen LogP contribution in [0, 0.1) is 0 Å². The van der Waals surface area contributed by atoms with Crippen molar-refractivity contribution in [3.8, 4) is 5.75 Å². The van der Waals surface area contributed by atoms with Crippen molar-refractivity contribution in [3.05, 3.63) is 30.3 Å². The molecule has 0 amide bonds. The Morgan fingerprint density at radius 1 is 1.44 bits per heavy atom. The highest BCUT2D eigenvalue weighted by atomic mass is 35.7. The fraction of sp³-hybridized carbons (Fsp3) is 0.222. The number of para-hydroxylation sites is 1. The quantitative estimate of drug-likeness (QED) is 0.654. The summed E-state index contributed by atoms with van der Waals surface area (Å²) < 4.78 is 16.5. The van der Waals surface area contributed by atoms with E-state index in [9.17, 15) is 9.36 Å². The van der Waals surface area contributed by atoms with Crippen LogP contribution in [-0.2, 0) is 14.2 Å². The molecule has 0 aliphatic rings. The van der Waals surface area contributed by atoms with Crippen molar-refractivity contribution in [3.63, 3.8) is 0 Å². The summed E-state index contributed by atoms with van der Waals surface area (Å²) in [4.78, 5) is 15.2. The average molecular weight is 264 g/mol. The molecule has 7 heteroatoms. The third-order valence-electron chi connectivity index (χ3n) is 1.52. The van der Waals surface area contributed by atoms with E-state index in [0.29, 0.717) is 5.75 Å². The van der Waals surface area contributed by atoms with Crippen molar-refractivity contribution in [2.45, 2.75) is 13.3 Å². The maximum absolute atomic E-state index is 11.6. The van der Waals surface area contributed by atoms with Crippen molar-refractivity contribution in [2.24, 2.45) is 0 Å². The van der Waals surface area contributed by atoms with Gasteiger partial charge in [-0.2, -0.15) is 0 Å². The second-order valence-electron chi connectivity index (χ2n) is 2.80. The number of hydrogen-bond donors (Lipinski definition) is 1. The number of benzene rings is 1. The fourth-order valence-corrected chi connectivity index (χ4v) is 1.80. The van der Waals surface area contributed by atoms with Gasteiger partial charge in [-0.25, -0.2) is 4.57 Å².